The van der Waals surface area contributed by atoms with Gasteiger partial charge in [-0.25, -0.2) is 18.2 Å². The maximum absolute atomic E-state index is 12.8. The second kappa shape index (κ2) is 7.54. The SMILES string of the molecule is CC(C)(C)OC(=O)N1CCC(CS(=O)(=O)c2cnc3cc([N+](=O)[O-])ccc3n2)C1. The highest BCUT2D eigenvalue weighted by atomic mass is 32.2. The summed E-state index contributed by atoms with van der Waals surface area (Å²) in [6.07, 6.45) is 1.21. The van der Waals surface area contributed by atoms with Crippen LogP contribution < -0.4 is 0 Å². The minimum Gasteiger partial charge on any atom is -0.444 e. The van der Waals surface area contributed by atoms with E-state index in [1.165, 1.54) is 23.1 Å². The number of hydrogen-bond donors (Lipinski definition) is 0. The number of fused-ring (bicyclic) bond motifs is 1. The number of carbonyl (C=O) groups is 1. The van der Waals surface area contributed by atoms with Crippen LogP contribution in [-0.2, 0) is 14.6 Å². The van der Waals surface area contributed by atoms with Gasteiger partial charge in [0.05, 0.1) is 27.9 Å². The highest BCUT2D eigenvalue weighted by molar-refractivity contribution is 7.91. The van der Waals surface area contributed by atoms with E-state index >= 15 is 0 Å². The summed E-state index contributed by atoms with van der Waals surface area (Å²) in [6.45, 7) is 6.05. The van der Waals surface area contributed by atoms with E-state index in [-0.39, 0.29) is 33.4 Å². The molecule has 0 saturated carbocycles. The van der Waals surface area contributed by atoms with Gasteiger partial charge in [0.15, 0.2) is 14.9 Å². The Kier molecular flexibility index (Phi) is 5.44. The summed E-state index contributed by atoms with van der Waals surface area (Å²) in [5, 5.41) is 10.7. The summed E-state index contributed by atoms with van der Waals surface area (Å²) < 4.78 is 30.9. The molecule has 2 heterocycles. The third-order valence-electron chi connectivity index (χ3n) is 4.43. The molecule has 156 valence electrons. The lowest BCUT2D eigenvalue weighted by atomic mass is 10.2. The predicted octanol–water partition coefficient (Wildman–Crippen LogP) is 2.57. The summed E-state index contributed by atoms with van der Waals surface area (Å²) in [6, 6.07) is 3.87. The number of amides is 1. The molecule has 1 saturated heterocycles. The zero-order chi connectivity index (χ0) is 21.4. The second-order valence-electron chi connectivity index (χ2n) is 8.00. The normalized spacial score (nSPS) is 17.5. The smallest absolute Gasteiger partial charge is 0.410 e. The van der Waals surface area contributed by atoms with Gasteiger partial charge < -0.3 is 9.64 Å². The molecule has 0 bridgehead atoms. The van der Waals surface area contributed by atoms with Crippen molar-refractivity contribution in [2.24, 2.45) is 5.92 Å². The van der Waals surface area contributed by atoms with Crippen molar-refractivity contribution in [2.45, 2.75) is 37.8 Å². The molecule has 1 atom stereocenters. The maximum Gasteiger partial charge on any atom is 0.410 e. The predicted molar refractivity (Wildman–Crippen MR) is 104 cm³/mol. The number of nitro groups is 1. The van der Waals surface area contributed by atoms with Crippen molar-refractivity contribution in [1.29, 1.82) is 0 Å². The van der Waals surface area contributed by atoms with Gasteiger partial charge in [-0.05, 0) is 39.2 Å². The number of aromatic nitrogens is 2. The molecule has 1 aliphatic rings. The van der Waals surface area contributed by atoms with Crippen molar-refractivity contribution < 1.29 is 22.9 Å². The van der Waals surface area contributed by atoms with Gasteiger partial charge >= 0.3 is 6.09 Å². The van der Waals surface area contributed by atoms with Gasteiger partial charge in [-0.1, -0.05) is 0 Å². The molecule has 10 nitrogen and oxygen atoms in total. The number of rotatable bonds is 4. The largest absolute Gasteiger partial charge is 0.444 e. The Morgan fingerprint density at radius 2 is 2.07 bits per heavy atom. The van der Waals surface area contributed by atoms with Crippen LogP contribution in [0, 0.1) is 16.0 Å². The molecule has 0 radical (unpaired) electrons. The minimum atomic E-state index is -3.73. The fourth-order valence-electron chi connectivity index (χ4n) is 3.10. The molecule has 1 aromatic carbocycles. The number of hydrogen-bond acceptors (Lipinski definition) is 8. The van der Waals surface area contributed by atoms with Crippen molar-refractivity contribution in [1.82, 2.24) is 14.9 Å². The topological polar surface area (TPSA) is 133 Å². The molecule has 0 N–H and O–H groups in total. The van der Waals surface area contributed by atoms with Gasteiger partial charge in [0, 0.05) is 25.2 Å². The molecule has 1 aromatic heterocycles. The van der Waals surface area contributed by atoms with Crippen LogP contribution in [0.5, 0.6) is 0 Å². The Bertz CT molecular complexity index is 1060. The fourth-order valence-corrected chi connectivity index (χ4v) is 4.62. The van der Waals surface area contributed by atoms with E-state index in [1.807, 2.05) is 0 Å². The number of likely N-dealkylation sites (tertiary alicyclic amines) is 1. The van der Waals surface area contributed by atoms with Crippen LogP contribution in [0.1, 0.15) is 27.2 Å². The van der Waals surface area contributed by atoms with Crippen LogP contribution in [0.4, 0.5) is 10.5 Å². The summed E-state index contributed by atoms with van der Waals surface area (Å²) in [5.74, 6) is -0.402. The molecular weight excluding hydrogens is 400 g/mol. The van der Waals surface area contributed by atoms with E-state index in [1.54, 1.807) is 20.8 Å². The third kappa shape index (κ3) is 4.97. The lowest BCUT2D eigenvalue weighted by Gasteiger charge is -2.24. The Balaban J connectivity index is 1.72. The Morgan fingerprint density at radius 3 is 2.72 bits per heavy atom. The highest BCUT2D eigenvalue weighted by Gasteiger charge is 2.33. The van der Waals surface area contributed by atoms with Crippen molar-refractivity contribution in [3.63, 3.8) is 0 Å². The monoisotopic (exact) mass is 422 g/mol. The number of carbonyl (C=O) groups excluding carboxylic acids is 1. The molecular formula is C18H22N4O6S. The van der Waals surface area contributed by atoms with E-state index in [0.29, 0.717) is 19.5 Å². The number of ether oxygens (including phenoxy) is 1. The standard InChI is InChI=1S/C18H22N4O6S/c1-18(2,3)28-17(23)21-7-6-12(10-21)11-29(26,27)16-9-19-15-8-13(22(24)25)4-5-14(15)20-16/h4-5,8-9,12H,6-7,10-11H2,1-3H3. The number of nitrogens with zero attached hydrogens (tertiary/aromatic N) is 4. The van der Waals surface area contributed by atoms with E-state index < -0.39 is 26.5 Å². The zero-order valence-electron chi connectivity index (χ0n) is 16.4. The van der Waals surface area contributed by atoms with Crippen LogP contribution in [0.15, 0.2) is 29.4 Å². The van der Waals surface area contributed by atoms with Crippen LogP contribution in [0.25, 0.3) is 11.0 Å². The van der Waals surface area contributed by atoms with Crippen LogP contribution in [0.2, 0.25) is 0 Å². The molecule has 3 rings (SSSR count). The van der Waals surface area contributed by atoms with Crippen LogP contribution in [0.3, 0.4) is 0 Å². The van der Waals surface area contributed by atoms with Crippen molar-refractivity contribution in [2.75, 3.05) is 18.8 Å². The molecule has 1 unspecified atom stereocenters. The first-order chi connectivity index (χ1) is 13.4. The highest BCUT2D eigenvalue weighted by Crippen LogP contribution is 2.24. The van der Waals surface area contributed by atoms with E-state index in [4.69, 9.17) is 4.74 Å². The van der Waals surface area contributed by atoms with Gasteiger partial charge in [-0.3, -0.25) is 15.1 Å². The first-order valence-electron chi connectivity index (χ1n) is 9.06. The van der Waals surface area contributed by atoms with Crippen molar-refractivity contribution in [3.05, 3.63) is 34.5 Å². The lowest BCUT2D eigenvalue weighted by Crippen LogP contribution is -2.35. The van der Waals surface area contributed by atoms with Crippen LogP contribution >= 0.6 is 0 Å². The van der Waals surface area contributed by atoms with E-state index in [2.05, 4.69) is 9.97 Å². The number of benzene rings is 1. The third-order valence-corrected chi connectivity index (χ3v) is 6.17. The Labute approximate surface area is 168 Å². The quantitative estimate of drug-likeness (QED) is 0.542. The molecule has 29 heavy (non-hydrogen) atoms. The lowest BCUT2D eigenvalue weighted by molar-refractivity contribution is -0.384. The van der Waals surface area contributed by atoms with Crippen LogP contribution in [-0.4, -0.2) is 58.7 Å². The second-order valence-corrected chi connectivity index (χ2v) is 9.98. The molecule has 2 aromatic rings. The summed E-state index contributed by atoms with van der Waals surface area (Å²) >= 11 is 0. The molecule has 1 amide bonds. The number of sulfone groups is 1. The van der Waals surface area contributed by atoms with Gasteiger partial charge in [0.2, 0.25) is 0 Å². The van der Waals surface area contributed by atoms with Crippen molar-refractivity contribution >= 4 is 32.7 Å². The first kappa shape index (κ1) is 20.9. The van der Waals surface area contributed by atoms with Gasteiger partial charge in [0.1, 0.15) is 5.60 Å². The molecule has 1 aliphatic heterocycles. The summed E-state index contributed by atoms with van der Waals surface area (Å²) in [5.41, 5.74) is -0.249. The fraction of sp³-hybridized carbons (Fsp3) is 0.500. The molecule has 0 aliphatic carbocycles. The van der Waals surface area contributed by atoms with Gasteiger partial charge in [-0.2, -0.15) is 0 Å². The molecule has 0 spiro atoms. The zero-order valence-corrected chi connectivity index (χ0v) is 17.2. The Morgan fingerprint density at radius 1 is 1.34 bits per heavy atom. The minimum absolute atomic E-state index is 0.143. The molecule has 1 fully saturated rings. The first-order valence-corrected chi connectivity index (χ1v) is 10.7. The summed E-state index contributed by atoms with van der Waals surface area (Å²) in [7, 11) is -3.73. The maximum atomic E-state index is 12.8. The van der Waals surface area contributed by atoms with Gasteiger partial charge in [0.25, 0.3) is 5.69 Å². The number of non-ortho nitro benzene ring substituents is 1. The van der Waals surface area contributed by atoms with Crippen molar-refractivity contribution in [3.8, 4) is 0 Å². The average Bonchev–Trinajstić information content (AvgIpc) is 3.07. The van der Waals surface area contributed by atoms with E-state index in [0.717, 1.165) is 6.20 Å². The van der Waals surface area contributed by atoms with Gasteiger partial charge in [-0.15, -0.1) is 0 Å². The average molecular weight is 422 g/mol. The Hall–Kier alpha value is -2.82. The number of nitro benzene ring substituents is 1. The summed E-state index contributed by atoms with van der Waals surface area (Å²) in [4.78, 5) is 32.1. The van der Waals surface area contributed by atoms with E-state index in [9.17, 15) is 23.3 Å². The molecule has 11 heteroatoms.